The lowest BCUT2D eigenvalue weighted by molar-refractivity contribution is -0.146. The molecule has 1 aliphatic rings. The molecule has 2 aromatic carbocycles. The first kappa shape index (κ1) is 26.8. The minimum Gasteiger partial charge on any atom is -0.465 e. The number of anilines is 2. The summed E-state index contributed by atoms with van der Waals surface area (Å²) in [6, 6.07) is 16.9. The monoisotopic (exact) mass is 528 g/mol. The van der Waals surface area contributed by atoms with E-state index in [1.54, 1.807) is 39.8 Å². The second-order valence-corrected chi connectivity index (χ2v) is 9.52. The number of nitrogens with zero attached hydrogens (tertiary/aromatic N) is 3. The van der Waals surface area contributed by atoms with Crippen LogP contribution in [0.25, 0.3) is 11.3 Å². The molecule has 3 aromatic rings. The van der Waals surface area contributed by atoms with Crippen LogP contribution in [0.4, 0.5) is 10.8 Å². The molecular formula is C29H28N4O4S. The maximum atomic E-state index is 13.1. The van der Waals surface area contributed by atoms with Gasteiger partial charge in [-0.05, 0) is 57.5 Å². The Bertz CT molecular complexity index is 1450. The van der Waals surface area contributed by atoms with Crippen LogP contribution in [0.3, 0.4) is 0 Å². The van der Waals surface area contributed by atoms with E-state index in [1.807, 2.05) is 41.8 Å². The summed E-state index contributed by atoms with van der Waals surface area (Å²) in [5, 5.41) is 15.0. The van der Waals surface area contributed by atoms with E-state index in [-0.39, 0.29) is 13.2 Å². The maximum absolute atomic E-state index is 13.1. The number of rotatable bonds is 8. The van der Waals surface area contributed by atoms with Crippen molar-refractivity contribution >= 4 is 39.8 Å². The number of aliphatic imine (C=N–C) groups is 1. The van der Waals surface area contributed by atoms with Crippen molar-refractivity contribution in [2.24, 2.45) is 10.9 Å². The molecule has 0 aliphatic carbocycles. The summed E-state index contributed by atoms with van der Waals surface area (Å²) in [6.07, 6.45) is 0. The SMILES string of the molecule is CCOC(=O)C1=C(C)N=C(C)C(C(=O)OCC)C1c1cccc(Nc2nc(-c3ccc(C#N)cc3)cs2)c1. The summed E-state index contributed by atoms with van der Waals surface area (Å²) in [6.45, 7) is 7.46. The Morgan fingerprint density at radius 3 is 2.50 bits per heavy atom. The lowest BCUT2D eigenvalue weighted by Gasteiger charge is -2.31. The molecule has 0 bridgehead atoms. The van der Waals surface area contributed by atoms with Gasteiger partial charge in [0.2, 0.25) is 0 Å². The van der Waals surface area contributed by atoms with Crippen LogP contribution in [0.1, 0.15) is 44.7 Å². The van der Waals surface area contributed by atoms with Crippen LogP contribution in [0.5, 0.6) is 0 Å². The average Bonchev–Trinajstić information content (AvgIpc) is 3.37. The number of thiazole rings is 1. The zero-order valence-corrected chi connectivity index (χ0v) is 22.5. The highest BCUT2D eigenvalue weighted by molar-refractivity contribution is 7.14. The number of nitriles is 1. The van der Waals surface area contributed by atoms with E-state index in [2.05, 4.69) is 21.4 Å². The molecule has 38 heavy (non-hydrogen) atoms. The fraction of sp³-hybridized carbons (Fsp3) is 0.276. The fourth-order valence-electron chi connectivity index (χ4n) is 4.52. The zero-order valence-electron chi connectivity index (χ0n) is 21.6. The summed E-state index contributed by atoms with van der Waals surface area (Å²) in [4.78, 5) is 35.3. The second kappa shape index (κ2) is 11.8. The predicted octanol–water partition coefficient (Wildman–Crippen LogP) is 6.00. The third kappa shape index (κ3) is 5.66. The van der Waals surface area contributed by atoms with Crippen LogP contribution in [-0.2, 0) is 19.1 Å². The summed E-state index contributed by atoms with van der Waals surface area (Å²) in [5.74, 6) is -2.29. The van der Waals surface area contributed by atoms with E-state index in [0.29, 0.717) is 27.7 Å². The van der Waals surface area contributed by atoms with Gasteiger partial charge in [-0.25, -0.2) is 9.78 Å². The molecule has 0 radical (unpaired) electrons. The summed E-state index contributed by atoms with van der Waals surface area (Å²) < 4.78 is 10.7. The number of carbonyl (C=O) groups excluding carboxylic acids is 2. The van der Waals surface area contributed by atoms with E-state index in [1.165, 1.54) is 11.3 Å². The first-order valence-electron chi connectivity index (χ1n) is 12.3. The van der Waals surface area contributed by atoms with E-state index < -0.39 is 23.8 Å². The number of benzene rings is 2. The second-order valence-electron chi connectivity index (χ2n) is 8.66. The Balaban J connectivity index is 1.67. The molecule has 2 heterocycles. The molecule has 2 unspecified atom stereocenters. The number of esters is 2. The Morgan fingerprint density at radius 1 is 1.08 bits per heavy atom. The van der Waals surface area contributed by atoms with Gasteiger partial charge in [-0.15, -0.1) is 11.3 Å². The molecule has 1 N–H and O–H groups in total. The molecule has 194 valence electrons. The van der Waals surface area contributed by atoms with Gasteiger partial charge in [0.25, 0.3) is 0 Å². The molecule has 9 heteroatoms. The topological polar surface area (TPSA) is 114 Å². The minimum atomic E-state index is -0.754. The molecule has 0 fully saturated rings. The predicted molar refractivity (Wildman–Crippen MR) is 147 cm³/mol. The third-order valence-electron chi connectivity index (χ3n) is 6.18. The number of carbonyl (C=O) groups is 2. The standard InChI is InChI=1S/C29H28N4O4S/c1-5-36-27(34)24-17(3)31-18(4)25(28(35)37-6-2)26(24)21-8-7-9-22(14-21)32-29-33-23(16-38-29)20-12-10-19(15-30)11-13-20/h7-14,16,24,26H,5-6H2,1-4H3,(H,32,33). The van der Waals surface area contributed by atoms with Gasteiger partial charge in [0, 0.05) is 34.0 Å². The van der Waals surface area contributed by atoms with Gasteiger partial charge in [-0.1, -0.05) is 24.3 Å². The van der Waals surface area contributed by atoms with Gasteiger partial charge < -0.3 is 14.8 Å². The molecule has 0 amide bonds. The van der Waals surface area contributed by atoms with Crippen molar-refractivity contribution in [3.8, 4) is 17.3 Å². The van der Waals surface area contributed by atoms with Gasteiger partial charge in [-0.3, -0.25) is 9.79 Å². The fourth-order valence-corrected chi connectivity index (χ4v) is 5.26. The maximum Gasteiger partial charge on any atom is 0.336 e. The largest absolute Gasteiger partial charge is 0.465 e. The van der Waals surface area contributed by atoms with Crippen LogP contribution in [0.15, 0.2) is 70.2 Å². The van der Waals surface area contributed by atoms with Crippen molar-refractivity contribution in [2.45, 2.75) is 33.6 Å². The minimum absolute atomic E-state index is 0.211. The normalized spacial score (nSPS) is 16.9. The lowest BCUT2D eigenvalue weighted by atomic mass is 9.75. The van der Waals surface area contributed by atoms with E-state index in [4.69, 9.17) is 14.7 Å². The Labute approximate surface area is 225 Å². The molecule has 4 rings (SSSR count). The molecule has 0 saturated heterocycles. The van der Waals surface area contributed by atoms with E-state index in [0.717, 1.165) is 22.5 Å². The average molecular weight is 529 g/mol. The summed E-state index contributed by atoms with van der Waals surface area (Å²) in [5.41, 5.74) is 5.28. The van der Waals surface area contributed by atoms with Crippen molar-refractivity contribution in [2.75, 3.05) is 18.5 Å². The molecule has 0 spiro atoms. The molecule has 0 saturated carbocycles. The van der Waals surface area contributed by atoms with Gasteiger partial charge in [-0.2, -0.15) is 5.26 Å². The number of hydrogen-bond donors (Lipinski definition) is 1. The van der Waals surface area contributed by atoms with Crippen molar-refractivity contribution in [3.05, 3.63) is 76.3 Å². The molecule has 1 aliphatic heterocycles. The van der Waals surface area contributed by atoms with E-state index in [9.17, 15) is 9.59 Å². The van der Waals surface area contributed by atoms with E-state index >= 15 is 0 Å². The van der Waals surface area contributed by atoms with Gasteiger partial charge in [0.05, 0.1) is 36.1 Å². The van der Waals surface area contributed by atoms with Gasteiger partial charge >= 0.3 is 11.9 Å². The van der Waals surface area contributed by atoms with Crippen LogP contribution in [0, 0.1) is 17.2 Å². The highest BCUT2D eigenvalue weighted by Gasteiger charge is 2.42. The van der Waals surface area contributed by atoms with Crippen LogP contribution in [-0.4, -0.2) is 35.8 Å². The first-order valence-corrected chi connectivity index (χ1v) is 13.2. The quantitative estimate of drug-likeness (QED) is 0.357. The lowest BCUT2D eigenvalue weighted by Crippen LogP contribution is -2.36. The molecule has 8 nitrogen and oxygen atoms in total. The zero-order chi connectivity index (χ0) is 27.2. The highest BCUT2D eigenvalue weighted by atomic mass is 32.1. The van der Waals surface area contributed by atoms with Crippen molar-refractivity contribution < 1.29 is 19.1 Å². The van der Waals surface area contributed by atoms with Crippen LogP contribution in [0.2, 0.25) is 0 Å². The van der Waals surface area contributed by atoms with Crippen molar-refractivity contribution in [3.63, 3.8) is 0 Å². The number of aromatic nitrogens is 1. The number of nitrogens with one attached hydrogen (secondary N) is 1. The molecular weight excluding hydrogens is 500 g/mol. The van der Waals surface area contributed by atoms with Crippen molar-refractivity contribution in [1.29, 1.82) is 5.26 Å². The summed E-state index contributed by atoms with van der Waals surface area (Å²) in [7, 11) is 0. The number of ether oxygens (including phenoxy) is 2. The Hall–Kier alpha value is -4.29. The Kier molecular flexibility index (Phi) is 8.34. The van der Waals surface area contributed by atoms with Gasteiger partial charge in [0.15, 0.2) is 5.13 Å². The molecule has 1 aromatic heterocycles. The summed E-state index contributed by atoms with van der Waals surface area (Å²) >= 11 is 1.45. The van der Waals surface area contributed by atoms with Gasteiger partial charge in [0.1, 0.15) is 5.92 Å². The highest BCUT2D eigenvalue weighted by Crippen LogP contribution is 2.41. The van der Waals surface area contributed by atoms with Crippen LogP contribution >= 0.6 is 11.3 Å². The number of allylic oxidation sites excluding steroid dienone is 1. The van der Waals surface area contributed by atoms with Crippen molar-refractivity contribution in [1.82, 2.24) is 4.98 Å². The van der Waals surface area contributed by atoms with Crippen LogP contribution < -0.4 is 5.32 Å². The molecule has 2 atom stereocenters. The number of hydrogen-bond acceptors (Lipinski definition) is 9. The third-order valence-corrected chi connectivity index (χ3v) is 6.93. The smallest absolute Gasteiger partial charge is 0.336 e. The first-order chi connectivity index (χ1) is 18.4. The Morgan fingerprint density at radius 2 is 1.82 bits per heavy atom.